The van der Waals surface area contributed by atoms with E-state index in [1.54, 1.807) is 0 Å². The first-order valence-corrected chi connectivity index (χ1v) is 49.8. The highest BCUT2D eigenvalue weighted by atomic mass is 16.2. The molecular formula is C94H172N20O10. The first kappa shape index (κ1) is 102. The van der Waals surface area contributed by atoms with E-state index in [9.17, 15) is 47.9 Å². The predicted molar refractivity (Wildman–Crippen MR) is 488 cm³/mol. The molecular weight excluding hydrogens is 1570 g/mol. The van der Waals surface area contributed by atoms with Crippen molar-refractivity contribution in [2.45, 2.75) is 294 Å². The molecule has 10 amide bonds. The molecule has 0 aromatic rings. The van der Waals surface area contributed by atoms with Crippen molar-refractivity contribution in [2.24, 2.45) is 128 Å². The van der Waals surface area contributed by atoms with Crippen LogP contribution in [0.2, 0.25) is 0 Å². The fraction of sp³-hybridized carbons (Fsp3) is 0.894. The third-order valence-electron chi connectivity index (χ3n) is 31.5. The summed E-state index contributed by atoms with van der Waals surface area (Å²) in [4.78, 5) is 129. The van der Waals surface area contributed by atoms with Crippen molar-refractivity contribution in [3.05, 3.63) is 0 Å². The lowest BCUT2D eigenvalue weighted by Gasteiger charge is -2.31. The van der Waals surface area contributed by atoms with Gasteiger partial charge in [0.25, 0.3) is 0 Å². The lowest BCUT2D eigenvalue weighted by molar-refractivity contribution is -0.120. The largest absolute Gasteiger partial charge is 0.370 e. The fourth-order valence-electron chi connectivity index (χ4n) is 25.4. The monoisotopic (exact) mass is 1740 g/mol. The Morgan fingerprint density at radius 3 is 0.685 bits per heavy atom. The summed E-state index contributed by atoms with van der Waals surface area (Å²) in [6.07, 6.45) is 52.5. The van der Waals surface area contributed by atoms with Gasteiger partial charge < -0.3 is 72.0 Å². The quantitative estimate of drug-likeness (QED) is 0.0559. The van der Waals surface area contributed by atoms with E-state index >= 15 is 0 Å². The second kappa shape index (κ2) is 54.7. The Bertz CT molecular complexity index is 3180. The fourth-order valence-corrected chi connectivity index (χ4v) is 25.4. The highest BCUT2D eigenvalue weighted by molar-refractivity contribution is 5.78. The summed E-state index contributed by atoms with van der Waals surface area (Å²) in [5.41, 5.74) is 51.3. The normalized spacial score (nSPS) is 31.8. The third kappa shape index (κ3) is 36.3. The molecule has 0 aromatic heterocycles. The first-order chi connectivity index (χ1) is 59.7. The molecule has 20 N–H and O–H groups in total. The third-order valence-corrected chi connectivity index (χ3v) is 31.5. The standard InChI is InChI=1S/2C11H20N2O.4C10H18N2O.2C9H16N2O.2C7H14N2O/c12-11(14)6-8-13-7-5-9-3-1-2-4-10(9)13;12-11(14)5-6-13-7-9-3-1-2-4-10(9)8-13;11-10(13)5-7-12-6-4-8-2-1-3-9(8)12;11-10(13)4-5-12-6-8-2-1-3-9(8)7-12;11-10(13)7-12-5-8-3-1-2-4-9(8)6-12;11-10(13)7-12-6-5-8-3-1-2-4-9(8)12;10-9(12)6-11-4-7-2-1-3-8(7)5-11;10-9(12)6-11-5-4-7-2-1-3-8(7)11;8-7(10)3-6-9-4-1-2-5-9;8-7(10)6-9-4-2-1-3-5-9/h2*9-10H,1-8H2,(H2,12,14);4*8-9H,1-7H2,(H2,11,13);2*7-8H,1-6H2,(H2,10,12);2*1-6H2,(H2,8,10). The van der Waals surface area contributed by atoms with Crippen molar-refractivity contribution in [1.29, 1.82) is 0 Å². The van der Waals surface area contributed by atoms with Gasteiger partial charge in [-0.1, -0.05) is 83.5 Å². The lowest BCUT2D eigenvalue weighted by atomic mass is 9.82. The number of carbonyl (C=O) groups is 10. The summed E-state index contributed by atoms with van der Waals surface area (Å²) >= 11 is 0. The Morgan fingerprint density at radius 1 is 0.169 bits per heavy atom. The number of nitrogens with two attached hydrogens (primary N) is 10. The molecule has 10 heterocycles. The molecule has 10 aliphatic heterocycles. The molecule has 18 aliphatic rings. The van der Waals surface area contributed by atoms with Crippen LogP contribution in [-0.4, -0.2) is 302 Å². The van der Waals surface area contributed by atoms with Gasteiger partial charge in [-0.3, -0.25) is 82.2 Å². The topological polar surface area (TPSA) is 463 Å². The number of piperidine rings is 1. The number of primary amides is 10. The van der Waals surface area contributed by atoms with Crippen LogP contribution in [0, 0.1) is 71.0 Å². The molecule has 18 rings (SSSR count). The highest BCUT2D eigenvalue weighted by Crippen LogP contribution is 2.43. The van der Waals surface area contributed by atoms with Crippen LogP contribution in [0.4, 0.5) is 0 Å². The lowest BCUT2D eigenvalue weighted by Crippen LogP contribution is -2.40. The summed E-state index contributed by atoms with van der Waals surface area (Å²) < 4.78 is 0. The predicted octanol–water partition coefficient (Wildman–Crippen LogP) is 5.23. The van der Waals surface area contributed by atoms with Crippen molar-refractivity contribution in [3.8, 4) is 0 Å². The Labute approximate surface area is 744 Å². The number of hydrogen-bond donors (Lipinski definition) is 10. The van der Waals surface area contributed by atoms with Crippen LogP contribution in [0.5, 0.6) is 0 Å². The summed E-state index contributed by atoms with van der Waals surface area (Å²) in [6.45, 7) is 24.9. The minimum atomic E-state index is -0.207. The Kier molecular flexibility index (Phi) is 45.0. The van der Waals surface area contributed by atoms with Crippen LogP contribution in [0.3, 0.4) is 0 Å². The minimum absolute atomic E-state index is 0.163. The first-order valence-electron chi connectivity index (χ1n) is 49.8. The summed E-state index contributed by atoms with van der Waals surface area (Å²) in [6, 6.07) is 2.89. The van der Waals surface area contributed by atoms with E-state index in [1.165, 1.54) is 277 Å². The molecule has 124 heavy (non-hydrogen) atoms. The molecule has 708 valence electrons. The van der Waals surface area contributed by atoms with Gasteiger partial charge >= 0.3 is 0 Å². The van der Waals surface area contributed by atoms with Crippen LogP contribution in [0.1, 0.15) is 270 Å². The highest BCUT2D eigenvalue weighted by Gasteiger charge is 2.43. The Morgan fingerprint density at radius 2 is 0.379 bits per heavy atom. The molecule has 10 saturated heterocycles. The van der Waals surface area contributed by atoms with E-state index in [0.29, 0.717) is 76.9 Å². The van der Waals surface area contributed by atoms with Gasteiger partial charge in [-0.25, -0.2) is 0 Å². The molecule has 16 unspecified atom stereocenters. The molecule has 30 nitrogen and oxygen atoms in total. The van der Waals surface area contributed by atoms with Gasteiger partial charge in [0, 0.05) is 141 Å². The Hall–Kier alpha value is -5.70. The van der Waals surface area contributed by atoms with E-state index in [4.69, 9.17) is 57.3 Å². The molecule has 0 spiro atoms. The maximum absolute atomic E-state index is 10.8. The number of carbonyl (C=O) groups excluding carboxylic acids is 10. The van der Waals surface area contributed by atoms with Gasteiger partial charge in [0.1, 0.15) is 0 Å². The molecule has 0 bridgehead atoms. The zero-order chi connectivity index (χ0) is 88.9. The number of rotatable bonds is 25. The van der Waals surface area contributed by atoms with Crippen molar-refractivity contribution in [3.63, 3.8) is 0 Å². The van der Waals surface area contributed by atoms with Gasteiger partial charge in [0.2, 0.25) is 59.1 Å². The average Bonchev–Trinajstić information content (AvgIpc) is 1.66. The second-order valence-electron chi connectivity index (χ2n) is 40.6. The smallest absolute Gasteiger partial charge is 0.231 e. The maximum Gasteiger partial charge on any atom is 0.231 e. The summed E-state index contributed by atoms with van der Waals surface area (Å²) in [7, 11) is 0. The van der Waals surface area contributed by atoms with Crippen LogP contribution >= 0.6 is 0 Å². The molecule has 30 heteroatoms. The van der Waals surface area contributed by atoms with Crippen molar-refractivity contribution in [1.82, 2.24) is 49.0 Å². The van der Waals surface area contributed by atoms with Crippen molar-refractivity contribution in [2.75, 3.05) is 170 Å². The van der Waals surface area contributed by atoms with E-state index < -0.39 is 0 Å². The molecule has 0 radical (unpaired) electrons. The zero-order valence-electron chi connectivity index (χ0n) is 76.6. The Balaban J connectivity index is 0.000000156. The van der Waals surface area contributed by atoms with E-state index in [-0.39, 0.29) is 59.1 Å². The van der Waals surface area contributed by atoms with Crippen molar-refractivity contribution < 1.29 is 47.9 Å². The summed E-state index contributed by atoms with van der Waals surface area (Å²) in [5, 5.41) is 0. The number of fused-ring (bicyclic) bond motifs is 8. The van der Waals surface area contributed by atoms with Crippen LogP contribution in [0.15, 0.2) is 0 Å². The SMILES string of the molecule is NC(=O)CCN1CC2CCCC2C1.NC(=O)CCN1CC2CCCCC2C1.NC(=O)CCN1CCC2CCCC21.NC(=O)CCN1CCC2CCCCC21.NC(=O)CCN1CCCC1.NC(=O)CN1CC2CCCC2C1.NC(=O)CN1CC2CCCCC2C1.NC(=O)CN1CCC2CCCC21.NC(=O)CN1CCC2CCCCC21.NC(=O)CN1CCCCC1. The number of nitrogens with zero attached hydrogens (tertiary/aromatic N) is 10. The number of amides is 10. The van der Waals surface area contributed by atoms with Gasteiger partial charge in [-0.05, 0) is 277 Å². The number of likely N-dealkylation sites (tertiary alicyclic amines) is 10. The second-order valence-corrected chi connectivity index (χ2v) is 40.6. The maximum atomic E-state index is 10.8. The van der Waals surface area contributed by atoms with Gasteiger partial charge in [-0.2, -0.15) is 0 Å². The van der Waals surface area contributed by atoms with Gasteiger partial charge in [0.05, 0.1) is 32.7 Å². The molecule has 8 aliphatic carbocycles. The minimum Gasteiger partial charge on any atom is -0.370 e. The number of hydrogen-bond acceptors (Lipinski definition) is 20. The molecule has 18 fully saturated rings. The van der Waals surface area contributed by atoms with E-state index in [1.807, 2.05) is 0 Å². The van der Waals surface area contributed by atoms with Crippen LogP contribution in [-0.2, 0) is 47.9 Å². The van der Waals surface area contributed by atoms with E-state index in [2.05, 4.69) is 49.0 Å². The molecule has 16 atom stereocenters. The zero-order valence-corrected chi connectivity index (χ0v) is 76.6. The molecule has 0 aromatic carbocycles. The van der Waals surface area contributed by atoms with Crippen LogP contribution < -0.4 is 57.3 Å². The summed E-state index contributed by atoms with van der Waals surface area (Å²) in [5.74, 6) is 8.89. The van der Waals surface area contributed by atoms with Gasteiger partial charge in [0.15, 0.2) is 0 Å². The van der Waals surface area contributed by atoms with Crippen LogP contribution in [0.25, 0.3) is 0 Å². The van der Waals surface area contributed by atoms with Gasteiger partial charge in [-0.15, -0.1) is 0 Å². The van der Waals surface area contributed by atoms with Crippen molar-refractivity contribution >= 4 is 59.1 Å². The average molecular weight is 1740 g/mol. The van der Waals surface area contributed by atoms with E-state index in [0.717, 1.165) is 181 Å². The molecule has 8 saturated carbocycles.